The molecule has 1 rings (SSSR count). The highest BCUT2D eigenvalue weighted by Crippen LogP contribution is 2.30. The number of phenolic OH excluding ortho intramolecular Hbond substituents is 1. The van der Waals surface area contributed by atoms with Crippen molar-refractivity contribution in [2.45, 2.75) is 118 Å². The minimum Gasteiger partial charge on any atom is -0.508 e. The molecule has 0 aliphatic carbocycles. The molecule has 0 spiro atoms. The van der Waals surface area contributed by atoms with Gasteiger partial charge in [0.25, 0.3) is 0 Å². The first-order chi connectivity index (χ1) is 16.8. The Labute approximate surface area is 223 Å². The van der Waals surface area contributed by atoms with E-state index in [0.717, 1.165) is 6.42 Å². The minimum atomic E-state index is -0.962. The van der Waals surface area contributed by atoms with Crippen LogP contribution in [0.25, 0.3) is 0 Å². The molecular weight excluding hydrogens is 470 g/mol. The first-order valence-electron chi connectivity index (χ1n) is 13.2. The SMILES string of the molecule is CC(C)CCC(C)N(C(=O)C(NC(=O)OC(C)(C)C)C(C)C)C(C(=O)NC(C)(C)C)c1ccc(O)cc1. The Kier molecular flexibility index (Phi) is 11.5. The topological polar surface area (TPSA) is 108 Å². The van der Waals surface area contributed by atoms with Crippen molar-refractivity contribution in [2.75, 3.05) is 0 Å². The largest absolute Gasteiger partial charge is 0.508 e. The van der Waals surface area contributed by atoms with E-state index in [1.165, 1.54) is 12.1 Å². The quantitative estimate of drug-likeness (QED) is 0.376. The lowest BCUT2D eigenvalue weighted by atomic mass is 9.94. The number of hydrogen-bond acceptors (Lipinski definition) is 5. The zero-order valence-electron chi connectivity index (χ0n) is 24.6. The zero-order chi connectivity index (χ0) is 28.7. The van der Waals surface area contributed by atoms with Gasteiger partial charge in [-0.3, -0.25) is 9.59 Å². The van der Waals surface area contributed by atoms with E-state index >= 15 is 0 Å². The van der Waals surface area contributed by atoms with Gasteiger partial charge >= 0.3 is 6.09 Å². The smallest absolute Gasteiger partial charge is 0.408 e. The first kappa shape index (κ1) is 32.3. The average molecular weight is 520 g/mol. The van der Waals surface area contributed by atoms with Gasteiger partial charge in [-0.25, -0.2) is 4.79 Å². The number of alkyl carbamates (subject to hydrolysis) is 1. The number of aromatic hydroxyl groups is 1. The molecule has 0 aliphatic heterocycles. The van der Waals surface area contributed by atoms with Crippen LogP contribution in [-0.2, 0) is 14.3 Å². The Morgan fingerprint density at radius 1 is 0.919 bits per heavy atom. The van der Waals surface area contributed by atoms with Gasteiger partial charge in [-0.1, -0.05) is 39.8 Å². The van der Waals surface area contributed by atoms with Gasteiger partial charge in [0.15, 0.2) is 0 Å². The van der Waals surface area contributed by atoms with Crippen molar-refractivity contribution in [3.8, 4) is 5.75 Å². The fourth-order valence-electron chi connectivity index (χ4n) is 3.95. The molecule has 1 aromatic carbocycles. The summed E-state index contributed by atoms with van der Waals surface area (Å²) >= 11 is 0. The molecule has 3 amide bonds. The molecule has 8 nitrogen and oxygen atoms in total. The maximum atomic E-state index is 14.3. The normalized spacial score (nSPS) is 14.6. The second-order valence-corrected chi connectivity index (χ2v) is 12.7. The summed E-state index contributed by atoms with van der Waals surface area (Å²) in [5.74, 6) is -0.472. The van der Waals surface area contributed by atoms with E-state index in [2.05, 4.69) is 24.5 Å². The Balaban J connectivity index is 3.61. The number of carbonyl (C=O) groups is 3. The zero-order valence-corrected chi connectivity index (χ0v) is 24.6. The van der Waals surface area contributed by atoms with Gasteiger partial charge in [0.2, 0.25) is 11.8 Å². The second kappa shape index (κ2) is 13.2. The molecule has 0 radical (unpaired) electrons. The summed E-state index contributed by atoms with van der Waals surface area (Å²) < 4.78 is 5.43. The lowest BCUT2D eigenvalue weighted by molar-refractivity contribution is -0.146. The molecule has 0 fully saturated rings. The molecule has 3 atom stereocenters. The maximum absolute atomic E-state index is 14.3. The van der Waals surface area contributed by atoms with E-state index in [1.807, 2.05) is 41.5 Å². The van der Waals surface area contributed by atoms with Gasteiger partial charge in [0, 0.05) is 11.6 Å². The average Bonchev–Trinajstić information content (AvgIpc) is 2.71. The van der Waals surface area contributed by atoms with Crippen molar-refractivity contribution in [3.63, 3.8) is 0 Å². The van der Waals surface area contributed by atoms with Crippen LogP contribution < -0.4 is 10.6 Å². The lowest BCUT2D eigenvalue weighted by Gasteiger charge is -2.40. The van der Waals surface area contributed by atoms with E-state index in [1.54, 1.807) is 37.8 Å². The number of phenols is 1. The first-order valence-corrected chi connectivity index (χ1v) is 13.2. The molecule has 37 heavy (non-hydrogen) atoms. The van der Waals surface area contributed by atoms with E-state index in [4.69, 9.17) is 4.74 Å². The highest BCUT2D eigenvalue weighted by molar-refractivity contribution is 5.92. The number of ether oxygens (including phenoxy) is 1. The third-order valence-electron chi connectivity index (χ3n) is 5.73. The molecule has 1 aromatic rings. The predicted octanol–water partition coefficient (Wildman–Crippen LogP) is 5.55. The number of benzene rings is 1. The molecule has 0 bridgehead atoms. The van der Waals surface area contributed by atoms with Gasteiger partial charge in [-0.15, -0.1) is 0 Å². The maximum Gasteiger partial charge on any atom is 0.408 e. The van der Waals surface area contributed by atoms with Crippen LogP contribution in [0.2, 0.25) is 0 Å². The van der Waals surface area contributed by atoms with E-state index in [9.17, 15) is 19.5 Å². The molecule has 0 heterocycles. The van der Waals surface area contributed by atoms with Crippen molar-refractivity contribution in [2.24, 2.45) is 11.8 Å². The minimum absolute atomic E-state index is 0.0658. The summed E-state index contributed by atoms with van der Waals surface area (Å²) in [6.45, 7) is 20.8. The highest BCUT2D eigenvalue weighted by Gasteiger charge is 2.40. The highest BCUT2D eigenvalue weighted by atomic mass is 16.6. The number of carbonyl (C=O) groups excluding carboxylic acids is 3. The summed E-state index contributed by atoms with van der Waals surface area (Å²) in [5.41, 5.74) is -0.682. The van der Waals surface area contributed by atoms with Gasteiger partial charge in [0.1, 0.15) is 23.4 Å². The standard InChI is InChI=1S/C29H49N3O5/c1-18(2)12-13-20(5)32(26(35)23(19(3)4)30-27(36)37-29(9,10)11)24(25(34)31-28(6,7)8)21-14-16-22(33)17-15-21/h14-20,23-24,33H,12-13H2,1-11H3,(H,30,36)(H,31,34). The number of hydrogen-bond donors (Lipinski definition) is 3. The monoisotopic (exact) mass is 519 g/mol. The Bertz CT molecular complexity index is 898. The molecule has 0 aromatic heterocycles. The number of nitrogens with one attached hydrogen (secondary N) is 2. The molecule has 3 N–H and O–H groups in total. The number of nitrogens with zero attached hydrogens (tertiary/aromatic N) is 1. The van der Waals surface area contributed by atoms with Crippen molar-refractivity contribution in [1.82, 2.24) is 15.5 Å². The summed E-state index contributed by atoms with van der Waals surface area (Å²) in [6, 6.07) is 4.16. The van der Waals surface area contributed by atoms with Crippen molar-refractivity contribution < 1.29 is 24.2 Å². The number of amides is 3. The molecule has 0 saturated heterocycles. The lowest BCUT2D eigenvalue weighted by Crippen LogP contribution is -2.58. The van der Waals surface area contributed by atoms with Gasteiger partial charge < -0.3 is 25.4 Å². The van der Waals surface area contributed by atoms with E-state index in [0.29, 0.717) is 17.9 Å². The van der Waals surface area contributed by atoms with Crippen LogP contribution in [0.5, 0.6) is 5.75 Å². The molecule has 0 aliphatic rings. The van der Waals surface area contributed by atoms with Crippen LogP contribution >= 0.6 is 0 Å². The molecule has 3 unspecified atom stereocenters. The van der Waals surface area contributed by atoms with Crippen molar-refractivity contribution >= 4 is 17.9 Å². The molecule has 8 heteroatoms. The van der Waals surface area contributed by atoms with Crippen LogP contribution in [0.1, 0.15) is 101 Å². The Morgan fingerprint density at radius 2 is 1.46 bits per heavy atom. The summed E-state index contributed by atoms with van der Waals surface area (Å²) in [5, 5.41) is 15.6. The number of rotatable bonds is 10. The molecule has 210 valence electrons. The van der Waals surface area contributed by atoms with Crippen LogP contribution in [0, 0.1) is 11.8 Å². The summed E-state index contributed by atoms with van der Waals surface area (Å²) in [4.78, 5) is 42.3. The fraction of sp³-hybridized carbons (Fsp3) is 0.690. The third-order valence-corrected chi connectivity index (χ3v) is 5.73. The third kappa shape index (κ3) is 11.0. The van der Waals surface area contributed by atoms with Crippen LogP contribution in [0.15, 0.2) is 24.3 Å². The van der Waals surface area contributed by atoms with E-state index < -0.39 is 29.3 Å². The Hall–Kier alpha value is -2.77. The second-order valence-electron chi connectivity index (χ2n) is 12.7. The predicted molar refractivity (Wildman–Crippen MR) is 147 cm³/mol. The van der Waals surface area contributed by atoms with Gasteiger partial charge in [0.05, 0.1) is 0 Å². The fourth-order valence-corrected chi connectivity index (χ4v) is 3.95. The Morgan fingerprint density at radius 3 is 1.89 bits per heavy atom. The molecular formula is C29H49N3O5. The van der Waals surface area contributed by atoms with Crippen molar-refractivity contribution in [3.05, 3.63) is 29.8 Å². The van der Waals surface area contributed by atoms with Crippen molar-refractivity contribution in [1.29, 1.82) is 0 Å². The van der Waals surface area contributed by atoms with Gasteiger partial charge in [-0.2, -0.15) is 0 Å². The summed E-state index contributed by atoms with van der Waals surface area (Å²) in [6.07, 6.45) is 0.854. The van der Waals surface area contributed by atoms with Crippen LogP contribution in [-0.4, -0.2) is 51.1 Å². The van der Waals surface area contributed by atoms with Crippen LogP contribution in [0.3, 0.4) is 0 Å². The van der Waals surface area contributed by atoms with E-state index in [-0.39, 0.29) is 29.5 Å². The van der Waals surface area contributed by atoms with Gasteiger partial charge in [-0.05, 0) is 90.8 Å². The summed E-state index contributed by atoms with van der Waals surface area (Å²) in [7, 11) is 0. The van der Waals surface area contributed by atoms with Crippen LogP contribution in [0.4, 0.5) is 4.79 Å². The molecule has 0 saturated carbocycles.